The third kappa shape index (κ3) is 13.1. The molecule has 0 rings (SSSR count). The van der Waals surface area contributed by atoms with Crippen molar-refractivity contribution >= 4 is 27.3 Å². The van der Waals surface area contributed by atoms with Crippen LogP contribution in [-0.4, -0.2) is 33.8 Å². The van der Waals surface area contributed by atoms with Crippen molar-refractivity contribution in [2.45, 2.75) is 6.92 Å². The zero-order valence-corrected chi connectivity index (χ0v) is 8.49. The molecule has 0 aliphatic heterocycles. The quantitative estimate of drug-likeness (QED) is 0.554. The monoisotopic (exact) mass is 255 g/mol. The molecule has 0 aromatic heterocycles. The van der Waals surface area contributed by atoms with Crippen LogP contribution < -0.4 is 5.73 Å². The summed E-state index contributed by atoms with van der Waals surface area (Å²) in [6, 6.07) is 0. The minimum absolute atomic E-state index is 0. The molecule has 1 nitrogen and oxygen atoms in total. The van der Waals surface area contributed by atoms with Crippen molar-refractivity contribution in [2.24, 2.45) is 5.73 Å². The molecule has 0 bridgehead atoms. The third-order valence-electron chi connectivity index (χ3n) is 0. The van der Waals surface area contributed by atoms with E-state index in [0.717, 1.165) is 6.54 Å². The molecule has 2 heteroatoms. The van der Waals surface area contributed by atoms with Crippen LogP contribution in [0, 0.1) is 0 Å². The van der Waals surface area contributed by atoms with Gasteiger partial charge in [0.15, 0.2) is 0 Å². The van der Waals surface area contributed by atoms with Crippen molar-refractivity contribution in [3.8, 4) is 0 Å². The Bertz CT molecular complexity index is 6.00. The van der Waals surface area contributed by atoms with E-state index in [1.807, 2.05) is 6.92 Å². The number of hydrogen-bond acceptors (Lipinski definition) is 1. The standard InChI is InChI=1S/C2H7N.Pb.2H/c1-2-3;;;/h2-3H2,1H3;;;. The summed E-state index contributed by atoms with van der Waals surface area (Å²) in [6.45, 7) is 2.65. The molecule has 4 heavy (non-hydrogen) atoms. The average Bonchev–Trinajstić information content (AvgIpc) is 0.918. The van der Waals surface area contributed by atoms with Crippen LogP contribution in [0.15, 0.2) is 0 Å². The average molecular weight is 254 g/mol. The predicted octanol–water partition coefficient (Wildman–Crippen LogP) is -0.951. The van der Waals surface area contributed by atoms with E-state index in [-0.39, 0.29) is 27.3 Å². The van der Waals surface area contributed by atoms with Crippen molar-refractivity contribution in [1.29, 1.82) is 0 Å². The molecule has 0 atom stereocenters. The van der Waals surface area contributed by atoms with Crippen LogP contribution in [0.5, 0.6) is 0 Å². The first-order valence-electron chi connectivity index (χ1n) is 1.12. The zero-order valence-electron chi connectivity index (χ0n) is 2.99. The first-order valence-corrected chi connectivity index (χ1v) is 1.12. The SMILES string of the molecule is CCN.[PbH2]. The van der Waals surface area contributed by atoms with E-state index in [1.54, 1.807) is 0 Å². The summed E-state index contributed by atoms with van der Waals surface area (Å²) in [5, 5.41) is 0. The van der Waals surface area contributed by atoms with E-state index in [4.69, 9.17) is 5.73 Å². The van der Waals surface area contributed by atoms with Gasteiger partial charge in [-0.1, -0.05) is 6.92 Å². The number of rotatable bonds is 0. The first kappa shape index (κ1) is 8.86. The Labute approximate surface area is 46.7 Å². The molecular formula is C2H9NPb. The summed E-state index contributed by atoms with van der Waals surface area (Å²) in [5.74, 6) is 0. The second-order valence-electron chi connectivity index (χ2n) is 0.408. The van der Waals surface area contributed by atoms with Crippen LogP contribution in [0.1, 0.15) is 6.92 Å². The van der Waals surface area contributed by atoms with Gasteiger partial charge in [-0.15, -0.1) is 0 Å². The molecule has 0 saturated heterocycles. The molecule has 0 unspecified atom stereocenters. The second kappa shape index (κ2) is 9.10. The van der Waals surface area contributed by atoms with Gasteiger partial charge in [0, 0.05) is 0 Å². The zero-order chi connectivity index (χ0) is 2.71. The van der Waals surface area contributed by atoms with Crippen LogP contribution in [0.25, 0.3) is 0 Å². The Kier molecular flexibility index (Phi) is 20.2. The summed E-state index contributed by atoms with van der Waals surface area (Å²) in [7, 11) is 0. The molecule has 0 heterocycles. The Hall–Kier alpha value is 0.882. The molecule has 0 spiro atoms. The van der Waals surface area contributed by atoms with E-state index in [1.165, 1.54) is 0 Å². The Morgan fingerprint density at radius 2 is 1.75 bits per heavy atom. The molecule has 0 aromatic carbocycles. The maximum absolute atomic E-state index is 4.85. The number of nitrogens with two attached hydrogens (primary N) is 1. The van der Waals surface area contributed by atoms with Crippen molar-refractivity contribution in [1.82, 2.24) is 0 Å². The molecule has 0 fully saturated rings. The Balaban J connectivity index is 0. The summed E-state index contributed by atoms with van der Waals surface area (Å²) in [4.78, 5) is 0. The fourth-order valence-corrected chi connectivity index (χ4v) is 0. The molecule has 0 amide bonds. The Morgan fingerprint density at radius 3 is 1.75 bits per heavy atom. The van der Waals surface area contributed by atoms with Crippen molar-refractivity contribution in [2.75, 3.05) is 6.54 Å². The van der Waals surface area contributed by atoms with Gasteiger partial charge in [-0.3, -0.25) is 0 Å². The predicted molar refractivity (Wildman–Crippen MR) is 23.3 cm³/mol. The van der Waals surface area contributed by atoms with Crippen molar-refractivity contribution in [3.63, 3.8) is 0 Å². The van der Waals surface area contributed by atoms with Gasteiger partial charge in [-0.25, -0.2) is 0 Å². The maximum atomic E-state index is 4.85. The summed E-state index contributed by atoms with van der Waals surface area (Å²) >= 11 is 0. The topological polar surface area (TPSA) is 26.0 Å². The van der Waals surface area contributed by atoms with Gasteiger partial charge < -0.3 is 5.73 Å². The van der Waals surface area contributed by atoms with E-state index >= 15 is 0 Å². The van der Waals surface area contributed by atoms with Gasteiger partial charge in [-0.2, -0.15) is 0 Å². The van der Waals surface area contributed by atoms with Crippen LogP contribution in [0.3, 0.4) is 0 Å². The van der Waals surface area contributed by atoms with E-state index in [9.17, 15) is 0 Å². The van der Waals surface area contributed by atoms with Crippen molar-refractivity contribution < 1.29 is 0 Å². The summed E-state index contributed by atoms with van der Waals surface area (Å²) in [5.41, 5.74) is 4.85. The fraction of sp³-hybridized carbons (Fsp3) is 1.00. The van der Waals surface area contributed by atoms with Crippen LogP contribution in [0.2, 0.25) is 0 Å². The normalized spacial score (nSPS) is 4.50. The summed E-state index contributed by atoms with van der Waals surface area (Å²) < 4.78 is 0. The first-order chi connectivity index (χ1) is 1.41. The summed E-state index contributed by atoms with van der Waals surface area (Å²) in [6.07, 6.45) is 0. The fourth-order valence-electron chi connectivity index (χ4n) is 0. The minimum atomic E-state index is 0. The molecule has 0 aromatic rings. The van der Waals surface area contributed by atoms with Gasteiger partial charge in [0.2, 0.25) is 0 Å². The van der Waals surface area contributed by atoms with Crippen molar-refractivity contribution in [3.05, 3.63) is 0 Å². The Morgan fingerprint density at radius 1 is 1.75 bits per heavy atom. The molecular weight excluding hydrogens is 245 g/mol. The van der Waals surface area contributed by atoms with Gasteiger partial charge in [-0.05, 0) is 6.54 Å². The molecule has 2 radical (unpaired) electrons. The van der Waals surface area contributed by atoms with E-state index in [2.05, 4.69) is 0 Å². The molecule has 26 valence electrons. The van der Waals surface area contributed by atoms with Gasteiger partial charge in [0.05, 0.1) is 0 Å². The molecule has 0 aliphatic carbocycles. The molecule has 2 N–H and O–H groups in total. The van der Waals surface area contributed by atoms with Gasteiger partial charge >= 0.3 is 27.3 Å². The second-order valence-corrected chi connectivity index (χ2v) is 0.408. The van der Waals surface area contributed by atoms with Crippen LogP contribution in [-0.2, 0) is 0 Å². The van der Waals surface area contributed by atoms with E-state index in [0.29, 0.717) is 0 Å². The van der Waals surface area contributed by atoms with Crippen LogP contribution >= 0.6 is 0 Å². The van der Waals surface area contributed by atoms with Crippen LogP contribution in [0.4, 0.5) is 0 Å². The third-order valence-corrected chi connectivity index (χ3v) is 0. The van der Waals surface area contributed by atoms with Gasteiger partial charge in [0.1, 0.15) is 0 Å². The van der Waals surface area contributed by atoms with E-state index < -0.39 is 0 Å². The van der Waals surface area contributed by atoms with Gasteiger partial charge in [0.25, 0.3) is 0 Å². The molecule has 0 saturated carbocycles. The number of hydrogen-bond donors (Lipinski definition) is 1. The molecule has 0 aliphatic rings.